The van der Waals surface area contributed by atoms with E-state index in [0.717, 1.165) is 42.7 Å². The second kappa shape index (κ2) is 14.7. The maximum Gasteiger partial charge on any atom is 0.191 e. The molecule has 1 aromatic rings. The Morgan fingerprint density at radius 3 is 2.28 bits per heavy atom. The van der Waals surface area contributed by atoms with E-state index in [-0.39, 0.29) is 24.0 Å². The van der Waals surface area contributed by atoms with E-state index >= 15 is 0 Å². The van der Waals surface area contributed by atoms with Crippen LogP contribution in [-0.4, -0.2) is 48.6 Å². The lowest BCUT2D eigenvalue weighted by atomic mass is 10.3. The van der Waals surface area contributed by atoms with Crippen LogP contribution in [0.2, 0.25) is 0 Å². The molecule has 5 nitrogen and oxygen atoms in total. The number of aryl methyl sites for hydroxylation is 2. The molecule has 7 heteroatoms. The summed E-state index contributed by atoms with van der Waals surface area (Å²) in [5.41, 5.74) is 1.12. The topological polar surface area (TPSA) is 52.5 Å². The molecule has 146 valence electrons. The zero-order valence-corrected chi connectivity index (χ0v) is 19.7. The fraction of sp³-hybridized carbons (Fsp3) is 0.778. The Kier molecular flexibility index (Phi) is 14.5. The van der Waals surface area contributed by atoms with Crippen LogP contribution < -0.4 is 10.6 Å². The van der Waals surface area contributed by atoms with Gasteiger partial charge in [0.25, 0.3) is 0 Å². The third kappa shape index (κ3) is 10.4. The normalized spacial score (nSPS) is 11.5. The van der Waals surface area contributed by atoms with Gasteiger partial charge in [0.2, 0.25) is 0 Å². The number of aliphatic imine (C=N–C) groups is 1. The molecule has 0 spiro atoms. The summed E-state index contributed by atoms with van der Waals surface area (Å²) >= 11 is 1.74. The molecule has 0 aliphatic carbocycles. The molecule has 0 saturated heterocycles. The maximum atomic E-state index is 4.66. The lowest BCUT2D eigenvalue weighted by Crippen LogP contribution is -2.39. The fourth-order valence-corrected chi connectivity index (χ4v) is 3.43. The SMILES string of the molecule is CCCN(CCC)CCCNC(=NCc1nc(C)c(C)s1)NCC.I. The first-order valence-electron chi connectivity index (χ1n) is 9.28. The third-order valence-corrected chi connectivity index (χ3v) is 4.87. The van der Waals surface area contributed by atoms with E-state index in [4.69, 9.17) is 0 Å². The number of hydrogen-bond acceptors (Lipinski definition) is 4. The first-order chi connectivity index (χ1) is 11.6. The maximum absolute atomic E-state index is 4.66. The molecule has 0 amide bonds. The molecule has 0 unspecified atom stereocenters. The minimum Gasteiger partial charge on any atom is -0.357 e. The molecule has 1 aromatic heterocycles. The molecule has 25 heavy (non-hydrogen) atoms. The molecular weight excluding hydrogens is 445 g/mol. The largest absolute Gasteiger partial charge is 0.357 e. The molecular formula is C18H36IN5S. The minimum absolute atomic E-state index is 0. The first-order valence-corrected chi connectivity index (χ1v) is 10.1. The number of nitrogens with zero attached hydrogens (tertiary/aromatic N) is 3. The van der Waals surface area contributed by atoms with Gasteiger partial charge in [0, 0.05) is 18.0 Å². The molecule has 0 saturated carbocycles. The van der Waals surface area contributed by atoms with Gasteiger partial charge in [-0.1, -0.05) is 13.8 Å². The number of guanidine groups is 1. The van der Waals surface area contributed by atoms with Crippen LogP contribution in [0.4, 0.5) is 0 Å². The summed E-state index contributed by atoms with van der Waals surface area (Å²) in [5.74, 6) is 0.889. The minimum atomic E-state index is 0. The Morgan fingerprint density at radius 1 is 1.08 bits per heavy atom. The van der Waals surface area contributed by atoms with Crippen molar-refractivity contribution in [2.45, 2.75) is 60.4 Å². The van der Waals surface area contributed by atoms with E-state index < -0.39 is 0 Å². The van der Waals surface area contributed by atoms with E-state index in [0.29, 0.717) is 6.54 Å². The average Bonchev–Trinajstić information content (AvgIpc) is 2.87. The number of rotatable bonds is 11. The summed E-state index contributed by atoms with van der Waals surface area (Å²) in [5, 5.41) is 7.84. The smallest absolute Gasteiger partial charge is 0.191 e. The highest BCUT2D eigenvalue weighted by Gasteiger charge is 2.05. The van der Waals surface area contributed by atoms with Gasteiger partial charge >= 0.3 is 0 Å². The predicted molar refractivity (Wildman–Crippen MR) is 121 cm³/mol. The second-order valence-corrected chi connectivity index (χ2v) is 7.35. The second-order valence-electron chi connectivity index (χ2n) is 6.07. The summed E-state index contributed by atoms with van der Waals surface area (Å²) < 4.78 is 0. The van der Waals surface area contributed by atoms with Crippen LogP contribution in [0.25, 0.3) is 0 Å². The predicted octanol–water partition coefficient (Wildman–Crippen LogP) is 3.95. The van der Waals surface area contributed by atoms with Gasteiger partial charge in [0.15, 0.2) is 5.96 Å². The summed E-state index contributed by atoms with van der Waals surface area (Å²) in [6.07, 6.45) is 3.59. The van der Waals surface area contributed by atoms with Gasteiger partial charge in [0.1, 0.15) is 5.01 Å². The molecule has 0 aliphatic heterocycles. The van der Waals surface area contributed by atoms with Crippen molar-refractivity contribution < 1.29 is 0 Å². The summed E-state index contributed by atoms with van der Waals surface area (Å²) in [6.45, 7) is 16.8. The number of hydrogen-bond donors (Lipinski definition) is 2. The van der Waals surface area contributed by atoms with Gasteiger partial charge in [-0.3, -0.25) is 0 Å². The van der Waals surface area contributed by atoms with Crippen molar-refractivity contribution in [1.29, 1.82) is 0 Å². The van der Waals surface area contributed by atoms with Crippen LogP contribution in [0.5, 0.6) is 0 Å². The van der Waals surface area contributed by atoms with Gasteiger partial charge in [-0.15, -0.1) is 35.3 Å². The van der Waals surface area contributed by atoms with Crippen molar-refractivity contribution in [3.8, 4) is 0 Å². The number of thiazole rings is 1. The molecule has 2 N–H and O–H groups in total. The van der Waals surface area contributed by atoms with Crippen molar-refractivity contribution >= 4 is 41.3 Å². The lowest BCUT2D eigenvalue weighted by Gasteiger charge is -2.21. The third-order valence-electron chi connectivity index (χ3n) is 3.81. The first kappa shape index (κ1) is 24.6. The van der Waals surface area contributed by atoms with E-state index in [1.165, 1.54) is 30.8 Å². The molecule has 0 fully saturated rings. The average molecular weight is 481 g/mol. The van der Waals surface area contributed by atoms with Gasteiger partial charge in [0.05, 0.1) is 12.2 Å². The van der Waals surface area contributed by atoms with Crippen molar-refractivity contribution in [2.75, 3.05) is 32.7 Å². The zero-order chi connectivity index (χ0) is 17.8. The molecule has 0 aromatic carbocycles. The summed E-state index contributed by atoms with van der Waals surface area (Å²) in [4.78, 5) is 13.0. The molecule has 0 atom stereocenters. The highest BCUT2D eigenvalue weighted by atomic mass is 127. The molecule has 0 bridgehead atoms. The van der Waals surface area contributed by atoms with Gasteiger partial charge in [-0.05, 0) is 59.7 Å². The number of aromatic nitrogens is 1. The molecule has 0 aliphatic rings. The van der Waals surface area contributed by atoms with Crippen molar-refractivity contribution in [1.82, 2.24) is 20.5 Å². The Balaban J connectivity index is 0.00000576. The zero-order valence-electron chi connectivity index (χ0n) is 16.5. The molecule has 1 rings (SSSR count). The molecule has 0 radical (unpaired) electrons. The highest BCUT2D eigenvalue weighted by Crippen LogP contribution is 2.16. The quantitative estimate of drug-likeness (QED) is 0.218. The van der Waals surface area contributed by atoms with Gasteiger partial charge in [-0.25, -0.2) is 9.98 Å². The highest BCUT2D eigenvalue weighted by molar-refractivity contribution is 14.0. The standard InChI is InChI=1S/C18H35N5S.HI/c1-6-11-23(12-7-2)13-9-10-20-18(19-8-3)21-14-17-22-15(4)16(5)24-17;/h6-14H2,1-5H3,(H2,19,20,21);1H. The van der Waals surface area contributed by atoms with Crippen LogP contribution in [0.3, 0.4) is 0 Å². The van der Waals surface area contributed by atoms with Gasteiger partial charge < -0.3 is 15.5 Å². The van der Waals surface area contributed by atoms with Crippen molar-refractivity contribution in [3.63, 3.8) is 0 Å². The fourth-order valence-electron chi connectivity index (χ4n) is 2.57. The number of nitrogens with one attached hydrogen (secondary N) is 2. The summed E-state index contributed by atoms with van der Waals surface area (Å²) in [6, 6.07) is 0. The molecule has 1 heterocycles. The summed E-state index contributed by atoms with van der Waals surface area (Å²) in [7, 11) is 0. The Hall–Kier alpha value is -0.410. The van der Waals surface area contributed by atoms with E-state index in [1.54, 1.807) is 11.3 Å². The van der Waals surface area contributed by atoms with Crippen LogP contribution in [-0.2, 0) is 6.54 Å². The van der Waals surface area contributed by atoms with Crippen LogP contribution in [0.15, 0.2) is 4.99 Å². The van der Waals surface area contributed by atoms with Crippen molar-refractivity contribution in [2.24, 2.45) is 4.99 Å². The van der Waals surface area contributed by atoms with Gasteiger partial charge in [-0.2, -0.15) is 0 Å². The lowest BCUT2D eigenvalue weighted by molar-refractivity contribution is 0.271. The van der Waals surface area contributed by atoms with Crippen LogP contribution in [0, 0.1) is 13.8 Å². The van der Waals surface area contributed by atoms with Crippen molar-refractivity contribution in [3.05, 3.63) is 15.6 Å². The van der Waals surface area contributed by atoms with E-state index in [9.17, 15) is 0 Å². The van der Waals surface area contributed by atoms with E-state index in [2.05, 4.69) is 60.1 Å². The number of halogens is 1. The van der Waals surface area contributed by atoms with E-state index in [1.807, 2.05) is 0 Å². The Morgan fingerprint density at radius 2 is 1.76 bits per heavy atom. The Bertz CT molecular complexity index is 464. The van der Waals surface area contributed by atoms with Crippen LogP contribution >= 0.6 is 35.3 Å². The Labute approximate surface area is 175 Å². The monoisotopic (exact) mass is 481 g/mol. The van der Waals surface area contributed by atoms with Crippen LogP contribution in [0.1, 0.15) is 55.6 Å².